The van der Waals surface area contributed by atoms with Crippen molar-refractivity contribution in [3.05, 3.63) is 58.7 Å². The molecule has 8 heteroatoms. The predicted molar refractivity (Wildman–Crippen MR) is 155 cm³/mol. The molecule has 2 heterocycles. The lowest BCUT2D eigenvalue weighted by Gasteiger charge is -2.26. The zero-order valence-electron chi connectivity index (χ0n) is 24.4. The number of rotatable bonds is 13. The number of hydrogen-bond donors (Lipinski definition) is 1. The molecule has 0 radical (unpaired) electrons. The average Bonchev–Trinajstić information content (AvgIpc) is 3.42. The normalized spacial score (nSPS) is 19.7. The Kier molecular flexibility index (Phi) is 9.74. The minimum atomic E-state index is -0.751. The Balaban J connectivity index is 1.76. The maximum absolute atomic E-state index is 13.5. The van der Waals surface area contributed by atoms with E-state index >= 15 is 0 Å². The second-order valence-electron chi connectivity index (χ2n) is 10.8. The number of ketones is 1. The van der Waals surface area contributed by atoms with Crippen molar-refractivity contribution in [3.8, 4) is 17.2 Å². The van der Waals surface area contributed by atoms with E-state index in [4.69, 9.17) is 14.2 Å². The van der Waals surface area contributed by atoms with Gasteiger partial charge < -0.3 is 29.1 Å². The van der Waals surface area contributed by atoms with Crippen molar-refractivity contribution in [1.82, 2.24) is 9.80 Å². The van der Waals surface area contributed by atoms with Gasteiger partial charge in [-0.15, -0.1) is 0 Å². The molecule has 1 N–H and O–H groups in total. The second-order valence-corrected chi connectivity index (χ2v) is 10.8. The van der Waals surface area contributed by atoms with Crippen LogP contribution in [0.3, 0.4) is 0 Å². The number of amides is 1. The molecule has 2 aliphatic rings. The molecule has 216 valence electrons. The summed E-state index contributed by atoms with van der Waals surface area (Å²) in [6, 6.07) is 10.2. The van der Waals surface area contributed by atoms with Gasteiger partial charge in [-0.1, -0.05) is 25.8 Å². The van der Waals surface area contributed by atoms with Gasteiger partial charge in [-0.05, 0) is 88.8 Å². The summed E-state index contributed by atoms with van der Waals surface area (Å²) in [6.07, 6.45) is 4.58. The van der Waals surface area contributed by atoms with Crippen LogP contribution >= 0.6 is 0 Å². The number of hydrogen-bond acceptors (Lipinski definition) is 7. The molecule has 8 nitrogen and oxygen atoms in total. The number of likely N-dealkylation sites (tertiary alicyclic amines) is 1. The number of fused-ring (bicyclic) bond motifs is 1. The maximum atomic E-state index is 13.5. The molecule has 0 saturated carbocycles. The Bertz CT molecular complexity index is 1250. The van der Waals surface area contributed by atoms with E-state index in [1.54, 1.807) is 11.0 Å². The van der Waals surface area contributed by atoms with Gasteiger partial charge in [0, 0.05) is 18.5 Å². The van der Waals surface area contributed by atoms with Gasteiger partial charge in [-0.3, -0.25) is 9.59 Å². The Morgan fingerprint density at radius 2 is 1.85 bits per heavy atom. The van der Waals surface area contributed by atoms with Crippen molar-refractivity contribution in [3.63, 3.8) is 0 Å². The summed E-state index contributed by atoms with van der Waals surface area (Å²) in [7, 11) is 3.94. The summed E-state index contributed by atoms with van der Waals surface area (Å²) in [6.45, 7) is 8.19. The van der Waals surface area contributed by atoms with Gasteiger partial charge in [0.05, 0.1) is 24.8 Å². The molecule has 40 heavy (non-hydrogen) atoms. The van der Waals surface area contributed by atoms with Crippen molar-refractivity contribution in [1.29, 1.82) is 0 Å². The highest BCUT2D eigenvalue weighted by atomic mass is 16.5. The third kappa shape index (κ3) is 6.44. The molecule has 1 fully saturated rings. The zero-order valence-corrected chi connectivity index (χ0v) is 24.4. The monoisotopic (exact) mass is 550 g/mol. The number of carbonyl (C=O) groups is 2. The van der Waals surface area contributed by atoms with Gasteiger partial charge in [0.1, 0.15) is 17.6 Å². The highest BCUT2D eigenvalue weighted by Gasteiger charge is 2.46. The summed E-state index contributed by atoms with van der Waals surface area (Å²) >= 11 is 0. The number of benzene rings is 2. The number of nitrogens with zero attached hydrogens (tertiary/aromatic N) is 2. The number of aliphatic hydroxyl groups excluding tert-OH is 1. The van der Waals surface area contributed by atoms with Crippen LogP contribution in [0, 0.1) is 0 Å². The summed E-state index contributed by atoms with van der Waals surface area (Å²) in [4.78, 5) is 30.5. The predicted octanol–water partition coefficient (Wildman–Crippen LogP) is 5.35. The first-order valence-electron chi connectivity index (χ1n) is 14.4. The van der Waals surface area contributed by atoms with Crippen LogP contribution < -0.4 is 14.2 Å². The van der Waals surface area contributed by atoms with Gasteiger partial charge in [0.15, 0.2) is 11.5 Å². The third-order valence-electron chi connectivity index (χ3n) is 7.30. The smallest absolute Gasteiger partial charge is 0.295 e. The Hall–Kier alpha value is -3.52. The van der Waals surface area contributed by atoms with Crippen LogP contribution in [0.25, 0.3) is 5.76 Å². The summed E-state index contributed by atoms with van der Waals surface area (Å²) in [5.74, 6) is 0.480. The molecule has 0 unspecified atom stereocenters. The fraction of sp³-hybridized carbons (Fsp3) is 0.500. The first-order chi connectivity index (χ1) is 19.2. The van der Waals surface area contributed by atoms with Crippen molar-refractivity contribution >= 4 is 17.4 Å². The van der Waals surface area contributed by atoms with Crippen LogP contribution in [-0.2, 0) is 16.0 Å². The number of ether oxygens (including phenoxy) is 3. The first kappa shape index (κ1) is 29.5. The molecule has 0 bridgehead atoms. The van der Waals surface area contributed by atoms with Crippen molar-refractivity contribution in [2.75, 3.05) is 40.4 Å². The highest BCUT2D eigenvalue weighted by molar-refractivity contribution is 6.46. The number of unbranched alkanes of at least 4 members (excludes halogenated alkanes) is 2. The standard InChI is InChI=1S/C32H42N2O6/c1-6-8-9-17-39-26-14-11-22(20-27(26)38-7-2)29-28(31(36)32(37)34(29)16-10-15-33(4)5)30(35)23-12-13-25-24(19-23)18-21(3)40-25/h11-14,19-21,29,35H,6-10,15-18H2,1-5H3/b30-28+/t21-,29+/m1/s1. The highest BCUT2D eigenvalue weighted by Crippen LogP contribution is 2.43. The summed E-state index contributed by atoms with van der Waals surface area (Å²) in [5, 5.41) is 11.5. The van der Waals surface area contributed by atoms with Crippen LogP contribution in [0.4, 0.5) is 0 Å². The van der Waals surface area contributed by atoms with Crippen LogP contribution in [0.1, 0.15) is 69.2 Å². The van der Waals surface area contributed by atoms with E-state index in [1.165, 1.54) is 0 Å². The van der Waals surface area contributed by atoms with Gasteiger partial charge in [-0.2, -0.15) is 0 Å². The largest absolute Gasteiger partial charge is 0.507 e. The van der Waals surface area contributed by atoms with Crippen molar-refractivity contribution in [2.45, 2.75) is 65.0 Å². The molecule has 0 aliphatic carbocycles. The van der Waals surface area contributed by atoms with E-state index in [0.717, 1.165) is 43.5 Å². The van der Waals surface area contributed by atoms with Gasteiger partial charge >= 0.3 is 0 Å². The van der Waals surface area contributed by atoms with E-state index in [9.17, 15) is 14.7 Å². The first-order valence-corrected chi connectivity index (χ1v) is 14.4. The van der Waals surface area contributed by atoms with Crippen molar-refractivity contribution < 1.29 is 28.9 Å². The fourth-order valence-electron chi connectivity index (χ4n) is 5.36. The molecule has 2 aliphatic heterocycles. The van der Waals surface area contributed by atoms with E-state index in [1.807, 2.05) is 63.2 Å². The number of Topliss-reactive ketones (excluding diaryl/α,β-unsaturated/α-hetero) is 1. The minimum absolute atomic E-state index is 0.0503. The summed E-state index contributed by atoms with van der Waals surface area (Å²) in [5.41, 5.74) is 2.24. The zero-order chi connectivity index (χ0) is 28.8. The van der Waals surface area contributed by atoms with Gasteiger partial charge in [-0.25, -0.2) is 0 Å². The number of carbonyl (C=O) groups excluding carboxylic acids is 2. The molecule has 2 atom stereocenters. The average molecular weight is 551 g/mol. The molecular weight excluding hydrogens is 508 g/mol. The lowest BCUT2D eigenvalue weighted by Crippen LogP contribution is -2.32. The molecule has 2 aromatic rings. The quantitative estimate of drug-likeness (QED) is 0.156. The lowest BCUT2D eigenvalue weighted by molar-refractivity contribution is -0.139. The lowest BCUT2D eigenvalue weighted by atomic mass is 9.94. The molecule has 0 spiro atoms. The van der Waals surface area contributed by atoms with Crippen LogP contribution in [0.5, 0.6) is 17.2 Å². The minimum Gasteiger partial charge on any atom is -0.507 e. The van der Waals surface area contributed by atoms with Gasteiger partial charge in [0.2, 0.25) is 0 Å². The Labute approximate surface area is 237 Å². The van der Waals surface area contributed by atoms with Crippen LogP contribution in [-0.4, -0.2) is 73.1 Å². The van der Waals surface area contributed by atoms with Gasteiger partial charge in [0.25, 0.3) is 11.7 Å². The maximum Gasteiger partial charge on any atom is 0.295 e. The topological polar surface area (TPSA) is 88.5 Å². The summed E-state index contributed by atoms with van der Waals surface area (Å²) < 4.78 is 17.7. The molecule has 1 amide bonds. The molecule has 2 aromatic carbocycles. The Morgan fingerprint density at radius 3 is 2.58 bits per heavy atom. The third-order valence-corrected chi connectivity index (χ3v) is 7.30. The van der Waals surface area contributed by atoms with E-state index in [-0.39, 0.29) is 17.4 Å². The van der Waals surface area contributed by atoms with Crippen molar-refractivity contribution in [2.24, 2.45) is 0 Å². The Morgan fingerprint density at radius 1 is 1.05 bits per heavy atom. The van der Waals surface area contributed by atoms with Crippen LogP contribution in [0.15, 0.2) is 42.0 Å². The molecule has 4 rings (SSSR count). The molecule has 0 aromatic heterocycles. The fourth-order valence-corrected chi connectivity index (χ4v) is 5.36. The molecular formula is C32H42N2O6. The van der Waals surface area contributed by atoms with E-state index in [2.05, 4.69) is 6.92 Å². The van der Waals surface area contributed by atoms with Crippen LogP contribution in [0.2, 0.25) is 0 Å². The SMILES string of the molecule is CCCCCOc1ccc([C@H]2/C(=C(\O)c3ccc4c(c3)C[C@@H](C)O4)C(=O)C(=O)N2CCCN(C)C)cc1OCC. The van der Waals surface area contributed by atoms with E-state index in [0.29, 0.717) is 48.8 Å². The van der Waals surface area contributed by atoms with E-state index < -0.39 is 17.7 Å². The second kappa shape index (κ2) is 13.2. The number of aliphatic hydroxyl groups is 1. The molecule has 1 saturated heterocycles.